The Bertz CT molecular complexity index is 477. The summed E-state index contributed by atoms with van der Waals surface area (Å²) in [7, 11) is 1.53. The summed E-state index contributed by atoms with van der Waals surface area (Å²) in [6.07, 6.45) is -0.288. The first kappa shape index (κ1) is 12.7. The van der Waals surface area contributed by atoms with Gasteiger partial charge < -0.3 is 10.0 Å². The quantitative estimate of drug-likeness (QED) is 0.850. The number of carboxylic acid groups (broad SMARTS) is 1. The molecule has 0 saturated carbocycles. The molecule has 1 N–H and O–H groups in total. The molecule has 1 amide bonds. The second kappa shape index (κ2) is 5.66. The average molecular weight is 232 g/mol. The summed E-state index contributed by atoms with van der Waals surface area (Å²) in [5.74, 6) is -1.34. The van der Waals surface area contributed by atoms with E-state index in [0.717, 1.165) is 0 Å². The number of hydrogen-bond acceptors (Lipinski definition) is 3. The molecule has 1 aromatic rings. The van der Waals surface area contributed by atoms with Crippen molar-refractivity contribution in [3.63, 3.8) is 0 Å². The molecule has 5 heteroatoms. The normalized spacial score (nSPS) is 9.41. The third-order valence-electron chi connectivity index (χ3n) is 2.31. The van der Waals surface area contributed by atoms with E-state index in [4.69, 9.17) is 10.4 Å². The molecular weight excluding hydrogens is 220 g/mol. The molecular formula is C12H12N2O3. The number of anilines is 1. The zero-order valence-electron chi connectivity index (χ0n) is 9.38. The van der Waals surface area contributed by atoms with Crippen molar-refractivity contribution < 1.29 is 14.7 Å². The zero-order valence-corrected chi connectivity index (χ0v) is 9.38. The maximum absolute atomic E-state index is 11.7. The van der Waals surface area contributed by atoms with Gasteiger partial charge in [0.1, 0.15) is 6.07 Å². The van der Waals surface area contributed by atoms with Crippen molar-refractivity contribution in [2.75, 3.05) is 11.9 Å². The number of benzene rings is 1. The largest absolute Gasteiger partial charge is 0.481 e. The fourth-order valence-corrected chi connectivity index (χ4v) is 1.38. The van der Waals surface area contributed by atoms with Gasteiger partial charge in [0.15, 0.2) is 0 Å². The van der Waals surface area contributed by atoms with Crippen molar-refractivity contribution in [2.45, 2.75) is 12.8 Å². The van der Waals surface area contributed by atoms with Gasteiger partial charge in [-0.25, -0.2) is 0 Å². The van der Waals surface area contributed by atoms with Gasteiger partial charge in [0, 0.05) is 13.5 Å². The second-order valence-corrected chi connectivity index (χ2v) is 3.48. The highest BCUT2D eigenvalue weighted by atomic mass is 16.4. The van der Waals surface area contributed by atoms with Crippen LogP contribution in [0.3, 0.4) is 0 Å². The predicted octanol–water partition coefficient (Wildman–Crippen LogP) is 1.39. The van der Waals surface area contributed by atoms with Crippen molar-refractivity contribution in [1.82, 2.24) is 0 Å². The SMILES string of the molecule is CN(C(=O)CCC(=O)O)c1ccccc1C#N. The number of para-hydroxylation sites is 1. The van der Waals surface area contributed by atoms with Crippen LogP contribution in [0.15, 0.2) is 24.3 Å². The molecule has 0 aliphatic carbocycles. The monoisotopic (exact) mass is 232 g/mol. The van der Waals surface area contributed by atoms with Crippen LogP contribution in [0.5, 0.6) is 0 Å². The number of aliphatic carboxylic acids is 1. The lowest BCUT2D eigenvalue weighted by Crippen LogP contribution is -2.27. The highest BCUT2D eigenvalue weighted by Crippen LogP contribution is 2.18. The first-order valence-electron chi connectivity index (χ1n) is 5.03. The van der Waals surface area contributed by atoms with Crippen molar-refractivity contribution in [3.8, 4) is 6.07 Å². The Labute approximate surface area is 98.9 Å². The van der Waals surface area contributed by atoms with Gasteiger partial charge in [0.25, 0.3) is 0 Å². The van der Waals surface area contributed by atoms with E-state index in [2.05, 4.69) is 0 Å². The minimum atomic E-state index is -1.01. The number of carboxylic acids is 1. The van der Waals surface area contributed by atoms with Crippen LogP contribution in [-0.2, 0) is 9.59 Å². The molecule has 0 saturated heterocycles. The Morgan fingerprint density at radius 2 is 2.00 bits per heavy atom. The number of carbonyl (C=O) groups is 2. The van der Waals surface area contributed by atoms with Crippen molar-refractivity contribution >= 4 is 17.6 Å². The first-order valence-corrected chi connectivity index (χ1v) is 5.03. The molecule has 0 aliphatic heterocycles. The van der Waals surface area contributed by atoms with Crippen LogP contribution < -0.4 is 4.90 Å². The highest BCUT2D eigenvalue weighted by Gasteiger charge is 2.14. The van der Waals surface area contributed by atoms with Crippen LogP contribution in [0.2, 0.25) is 0 Å². The van der Waals surface area contributed by atoms with Crippen LogP contribution in [0.1, 0.15) is 18.4 Å². The van der Waals surface area contributed by atoms with Gasteiger partial charge in [0.2, 0.25) is 5.91 Å². The molecule has 1 aromatic carbocycles. The van der Waals surface area contributed by atoms with Gasteiger partial charge in [0.05, 0.1) is 17.7 Å². The van der Waals surface area contributed by atoms with Crippen LogP contribution in [0, 0.1) is 11.3 Å². The molecule has 0 radical (unpaired) electrons. The topological polar surface area (TPSA) is 81.4 Å². The number of amides is 1. The summed E-state index contributed by atoms with van der Waals surface area (Å²) in [6.45, 7) is 0. The number of rotatable bonds is 4. The van der Waals surface area contributed by atoms with Gasteiger partial charge >= 0.3 is 5.97 Å². The van der Waals surface area contributed by atoms with Crippen molar-refractivity contribution in [3.05, 3.63) is 29.8 Å². The molecule has 0 unspecified atom stereocenters. The van der Waals surface area contributed by atoms with Crippen molar-refractivity contribution in [2.24, 2.45) is 0 Å². The summed E-state index contributed by atoms with van der Waals surface area (Å²) in [4.78, 5) is 23.3. The van der Waals surface area contributed by atoms with Gasteiger partial charge in [-0.3, -0.25) is 9.59 Å². The van der Waals surface area contributed by atoms with E-state index in [9.17, 15) is 9.59 Å². The zero-order chi connectivity index (χ0) is 12.8. The highest BCUT2D eigenvalue weighted by molar-refractivity contribution is 5.95. The molecule has 1 rings (SSSR count). The Balaban J connectivity index is 2.82. The Morgan fingerprint density at radius 3 is 2.59 bits per heavy atom. The lowest BCUT2D eigenvalue weighted by Gasteiger charge is -2.17. The van der Waals surface area contributed by atoms with E-state index < -0.39 is 5.97 Å². The maximum atomic E-state index is 11.7. The maximum Gasteiger partial charge on any atom is 0.303 e. The lowest BCUT2D eigenvalue weighted by atomic mass is 10.1. The minimum Gasteiger partial charge on any atom is -0.481 e. The van der Waals surface area contributed by atoms with Crippen molar-refractivity contribution in [1.29, 1.82) is 5.26 Å². The van der Waals surface area contributed by atoms with Gasteiger partial charge in [-0.1, -0.05) is 12.1 Å². The van der Waals surface area contributed by atoms with Crippen LogP contribution in [0.4, 0.5) is 5.69 Å². The second-order valence-electron chi connectivity index (χ2n) is 3.48. The number of nitriles is 1. The molecule has 17 heavy (non-hydrogen) atoms. The summed E-state index contributed by atoms with van der Waals surface area (Å²) in [6, 6.07) is 8.67. The summed E-state index contributed by atoms with van der Waals surface area (Å²) in [5, 5.41) is 17.4. The van der Waals surface area contributed by atoms with Gasteiger partial charge in [-0.15, -0.1) is 0 Å². The van der Waals surface area contributed by atoms with E-state index in [1.807, 2.05) is 6.07 Å². The lowest BCUT2D eigenvalue weighted by molar-refractivity contribution is -0.138. The first-order chi connectivity index (χ1) is 8.06. The van der Waals surface area contributed by atoms with Gasteiger partial charge in [-0.2, -0.15) is 5.26 Å². The predicted molar refractivity (Wildman–Crippen MR) is 61.4 cm³/mol. The molecule has 5 nitrogen and oxygen atoms in total. The fraction of sp³-hybridized carbons (Fsp3) is 0.250. The molecule has 0 bridgehead atoms. The molecule has 0 fully saturated rings. The molecule has 0 spiro atoms. The van der Waals surface area contributed by atoms with Crippen LogP contribution in [0.25, 0.3) is 0 Å². The molecule has 0 aromatic heterocycles. The van der Waals surface area contributed by atoms with Gasteiger partial charge in [-0.05, 0) is 12.1 Å². The van der Waals surface area contributed by atoms with Crippen LogP contribution >= 0.6 is 0 Å². The fourth-order valence-electron chi connectivity index (χ4n) is 1.38. The van der Waals surface area contributed by atoms with E-state index in [1.165, 1.54) is 11.9 Å². The van der Waals surface area contributed by atoms with E-state index in [1.54, 1.807) is 24.3 Å². The van der Waals surface area contributed by atoms with E-state index in [-0.39, 0.29) is 18.7 Å². The van der Waals surface area contributed by atoms with E-state index in [0.29, 0.717) is 11.3 Å². The Hall–Kier alpha value is -2.35. The molecule has 88 valence electrons. The standard InChI is InChI=1S/C12H12N2O3/c1-14(11(15)6-7-12(16)17)10-5-3-2-4-9(10)8-13/h2-5H,6-7H2,1H3,(H,16,17). The Kier molecular flexibility index (Phi) is 4.23. The third kappa shape index (κ3) is 3.31. The molecule has 0 aliphatic rings. The smallest absolute Gasteiger partial charge is 0.303 e. The summed E-state index contributed by atoms with van der Waals surface area (Å²) < 4.78 is 0. The number of carbonyl (C=O) groups excluding carboxylic acids is 1. The number of hydrogen-bond donors (Lipinski definition) is 1. The average Bonchev–Trinajstić information content (AvgIpc) is 2.34. The molecule has 0 atom stereocenters. The summed E-state index contributed by atoms with van der Waals surface area (Å²) >= 11 is 0. The summed E-state index contributed by atoms with van der Waals surface area (Å²) in [5.41, 5.74) is 0.879. The minimum absolute atomic E-state index is 0.0778. The number of nitrogens with zero attached hydrogens (tertiary/aromatic N) is 2. The molecule has 0 heterocycles. The van der Waals surface area contributed by atoms with E-state index >= 15 is 0 Å². The Morgan fingerprint density at radius 1 is 1.35 bits per heavy atom. The third-order valence-corrected chi connectivity index (χ3v) is 2.31. The van der Waals surface area contributed by atoms with Crippen LogP contribution in [-0.4, -0.2) is 24.0 Å².